The van der Waals surface area contributed by atoms with Gasteiger partial charge in [-0.25, -0.2) is 0 Å². The summed E-state index contributed by atoms with van der Waals surface area (Å²) in [6.45, 7) is 2.21. The van der Waals surface area contributed by atoms with Gasteiger partial charge in [0, 0.05) is 6.42 Å². The summed E-state index contributed by atoms with van der Waals surface area (Å²) >= 11 is 0. The van der Waals surface area contributed by atoms with Crippen molar-refractivity contribution in [2.45, 2.75) is 96.5 Å². The lowest BCUT2D eigenvalue weighted by Crippen LogP contribution is -2.04. The molecule has 2 N–H and O–H groups in total. The van der Waals surface area contributed by atoms with Crippen molar-refractivity contribution in [3.05, 3.63) is 12.2 Å². The summed E-state index contributed by atoms with van der Waals surface area (Å²) in [6, 6.07) is 0. The van der Waals surface area contributed by atoms with Gasteiger partial charge in [0.05, 0.1) is 6.10 Å². The first-order chi connectivity index (χ1) is 10.2. The number of carboxylic acids is 1. The molecule has 0 radical (unpaired) electrons. The van der Waals surface area contributed by atoms with Crippen LogP contribution in [-0.2, 0) is 4.79 Å². The predicted octanol–water partition coefficient (Wildman–Crippen LogP) is 5.08. The van der Waals surface area contributed by atoms with E-state index >= 15 is 0 Å². The quantitative estimate of drug-likeness (QED) is 0.327. The Hall–Kier alpha value is -0.830. The van der Waals surface area contributed by atoms with Crippen molar-refractivity contribution >= 4 is 5.97 Å². The Morgan fingerprint density at radius 1 is 0.952 bits per heavy atom. The Bertz CT molecular complexity index is 261. The summed E-state index contributed by atoms with van der Waals surface area (Å²) < 4.78 is 0. The van der Waals surface area contributed by atoms with Gasteiger partial charge in [-0.1, -0.05) is 64.0 Å². The third kappa shape index (κ3) is 17.1. The van der Waals surface area contributed by atoms with Crippen molar-refractivity contribution in [2.24, 2.45) is 0 Å². The highest BCUT2D eigenvalue weighted by Gasteiger charge is 2.01. The summed E-state index contributed by atoms with van der Waals surface area (Å²) in [5.41, 5.74) is 0. The van der Waals surface area contributed by atoms with Gasteiger partial charge in [-0.3, -0.25) is 4.79 Å². The van der Waals surface area contributed by atoms with Gasteiger partial charge in [0.25, 0.3) is 0 Å². The van der Waals surface area contributed by atoms with Crippen LogP contribution >= 0.6 is 0 Å². The van der Waals surface area contributed by atoms with Gasteiger partial charge >= 0.3 is 5.97 Å². The van der Waals surface area contributed by atoms with Crippen LogP contribution in [0.5, 0.6) is 0 Å². The molecule has 3 heteroatoms. The van der Waals surface area contributed by atoms with Gasteiger partial charge in [-0.05, 0) is 32.1 Å². The zero-order chi connectivity index (χ0) is 15.8. The van der Waals surface area contributed by atoms with Crippen LogP contribution in [0.2, 0.25) is 0 Å². The highest BCUT2D eigenvalue weighted by Crippen LogP contribution is 2.11. The largest absolute Gasteiger partial charge is 0.481 e. The van der Waals surface area contributed by atoms with E-state index in [9.17, 15) is 9.90 Å². The van der Waals surface area contributed by atoms with Crippen LogP contribution in [0.1, 0.15) is 90.4 Å². The van der Waals surface area contributed by atoms with Crippen LogP contribution < -0.4 is 0 Å². The minimum absolute atomic E-state index is 0.195. The fourth-order valence-electron chi connectivity index (χ4n) is 2.36. The van der Waals surface area contributed by atoms with E-state index < -0.39 is 5.97 Å². The topological polar surface area (TPSA) is 57.5 Å². The number of unbranched alkanes of at least 4 members (excludes halogenated alkanes) is 8. The normalized spacial score (nSPS) is 12.9. The fourth-order valence-corrected chi connectivity index (χ4v) is 2.36. The first-order valence-electron chi connectivity index (χ1n) is 8.71. The SMILES string of the molecule is CCCCC/C=C\C[C@H](O)CCCCCCCCC(=O)O. The standard InChI is InChI=1S/C18H34O3/c1-2-3-4-5-8-11-14-17(19)15-12-9-6-7-10-13-16-18(20)21/h8,11,17,19H,2-7,9-10,12-16H2,1H3,(H,20,21)/b11-8-/t17-/m0/s1. The molecule has 0 spiro atoms. The Morgan fingerprint density at radius 2 is 1.62 bits per heavy atom. The fraction of sp³-hybridized carbons (Fsp3) is 0.833. The van der Waals surface area contributed by atoms with Crippen molar-refractivity contribution in [1.29, 1.82) is 0 Å². The molecule has 0 aliphatic rings. The molecule has 0 rings (SSSR count). The van der Waals surface area contributed by atoms with Crippen LogP contribution in [0.15, 0.2) is 12.2 Å². The van der Waals surface area contributed by atoms with E-state index in [2.05, 4.69) is 19.1 Å². The molecule has 0 amide bonds. The molecule has 0 aromatic heterocycles. The number of carbonyl (C=O) groups is 1. The molecule has 21 heavy (non-hydrogen) atoms. The Balaban J connectivity index is 3.26. The number of aliphatic carboxylic acids is 1. The number of hydrogen-bond donors (Lipinski definition) is 2. The summed E-state index contributed by atoms with van der Waals surface area (Å²) in [4.78, 5) is 10.3. The summed E-state index contributed by atoms with van der Waals surface area (Å²) in [5.74, 6) is -0.694. The Morgan fingerprint density at radius 3 is 2.29 bits per heavy atom. The van der Waals surface area contributed by atoms with Gasteiger partial charge in [-0.2, -0.15) is 0 Å². The molecule has 0 bridgehead atoms. The molecular weight excluding hydrogens is 264 g/mol. The molecule has 0 aromatic carbocycles. The third-order valence-corrected chi connectivity index (χ3v) is 3.73. The second kappa shape index (κ2) is 15.6. The van der Waals surface area contributed by atoms with Gasteiger partial charge in [-0.15, -0.1) is 0 Å². The van der Waals surface area contributed by atoms with E-state index in [1.54, 1.807) is 0 Å². The zero-order valence-electron chi connectivity index (χ0n) is 13.7. The maximum Gasteiger partial charge on any atom is 0.303 e. The summed E-state index contributed by atoms with van der Waals surface area (Å²) in [5, 5.41) is 18.4. The van der Waals surface area contributed by atoms with Crippen molar-refractivity contribution in [2.75, 3.05) is 0 Å². The summed E-state index contributed by atoms with van der Waals surface area (Å²) in [7, 11) is 0. The number of aliphatic hydroxyl groups excluding tert-OH is 1. The second-order valence-corrected chi connectivity index (χ2v) is 5.91. The lowest BCUT2D eigenvalue weighted by atomic mass is 10.0. The molecule has 1 atom stereocenters. The first kappa shape index (κ1) is 20.2. The van der Waals surface area contributed by atoms with Crippen LogP contribution in [0.3, 0.4) is 0 Å². The smallest absolute Gasteiger partial charge is 0.303 e. The molecule has 0 aliphatic carbocycles. The second-order valence-electron chi connectivity index (χ2n) is 5.91. The Kier molecular flexibility index (Phi) is 14.9. The molecular formula is C18H34O3. The number of rotatable bonds is 15. The van der Waals surface area contributed by atoms with Crippen LogP contribution in [0.25, 0.3) is 0 Å². The first-order valence-corrected chi connectivity index (χ1v) is 8.71. The van der Waals surface area contributed by atoms with Gasteiger partial charge in [0.2, 0.25) is 0 Å². The lowest BCUT2D eigenvalue weighted by Gasteiger charge is -2.07. The van der Waals surface area contributed by atoms with Crippen molar-refractivity contribution in [1.82, 2.24) is 0 Å². The Labute approximate surface area is 130 Å². The lowest BCUT2D eigenvalue weighted by molar-refractivity contribution is -0.137. The van der Waals surface area contributed by atoms with Gasteiger partial charge < -0.3 is 10.2 Å². The van der Waals surface area contributed by atoms with Crippen molar-refractivity contribution in [3.63, 3.8) is 0 Å². The molecule has 0 aliphatic heterocycles. The average Bonchev–Trinajstić information content (AvgIpc) is 2.45. The van der Waals surface area contributed by atoms with E-state index in [-0.39, 0.29) is 6.10 Å². The average molecular weight is 298 g/mol. The number of hydrogen-bond acceptors (Lipinski definition) is 2. The maximum atomic E-state index is 10.3. The van der Waals surface area contributed by atoms with Crippen molar-refractivity contribution < 1.29 is 15.0 Å². The van der Waals surface area contributed by atoms with E-state index in [4.69, 9.17) is 5.11 Å². The maximum absolute atomic E-state index is 10.3. The highest BCUT2D eigenvalue weighted by molar-refractivity contribution is 5.66. The van der Waals surface area contributed by atoms with E-state index in [0.29, 0.717) is 6.42 Å². The monoisotopic (exact) mass is 298 g/mol. The minimum Gasteiger partial charge on any atom is -0.481 e. The van der Waals surface area contributed by atoms with Crippen LogP contribution in [-0.4, -0.2) is 22.3 Å². The highest BCUT2D eigenvalue weighted by atomic mass is 16.4. The number of aliphatic hydroxyl groups is 1. The van der Waals surface area contributed by atoms with E-state index in [0.717, 1.165) is 57.8 Å². The zero-order valence-corrected chi connectivity index (χ0v) is 13.7. The van der Waals surface area contributed by atoms with E-state index in [1.807, 2.05) is 0 Å². The molecule has 0 unspecified atom stereocenters. The summed E-state index contributed by atoms with van der Waals surface area (Å²) in [6.07, 6.45) is 17.3. The molecule has 0 saturated heterocycles. The molecule has 0 aromatic rings. The third-order valence-electron chi connectivity index (χ3n) is 3.73. The minimum atomic E-state index is -0.694. The molecule has 0 fully saturated rings. The number of carboxylic acid groups (broad SMARTS) is 1. The van der Waals surface area contributed by atoms with E-state index in [1.165, 1.54) is 19.3 Å². The molecule has 0 heterocycles. The van der Waals surface area contributed by atoms with Crippen LogP contribution in [0.4, 0.5) is 0 Å². The molecule has 0 saturated carbocycles. The molecule has 3 nitrogen and oxygen atoms in total. The van der Waals surface area contributed by atoms with Gasteiger partial charge in [0.1, 0.15) is 0 Å². The predicted molar refractivity (Wildman–Crippen MR) is 88.5 cm³/mol. The van der Waals surface area contributed by atoms with Crippen LogP contribution in [0, 0.1) is 0 Å². The molecule has 124 valence electrons. The van der Waals surface area contributed by atoms with Gasteiger partial charge in [0.15, 0.2) is 0 Å². The van der Waals surface area contributed by atoms with Crippen molar-refractivity contribution in [3.8, 4) is 0 Å². The number of allylic oxidation sites excluding steroid dienone is 1.